The van der Waals surface area contributed by atoms with E-state index in [0.29, 0.717) is 47.9 Å². The van der Waals surface area contributed by atoms with Crippen molar-refractivity contribution < 1.29 is 4.79 Å². The van der Waals surface area contributed by atoms with E-state index < -0.39 is 0 Å². The molecule has 5 rings (SSSR count). The summed E-state index contributed by atoms with van der Waals surface area (Å²) in [6, 6.07) is 18.9. The lowest BCUT2D eigenvalue weighted by Gasteiger charge is -2.34. The summed E-state index contributed by atoms with van der Waals surface area (Å²) in [5.41, 5.74) is 9.13. The first kappa shape index (κ1) is 25.7. The number of carbonyl (C=O) groups excluding carboxylic acids is 1. The smallest absolute Gasteiger partial charge is 0.330 e. The molecular formula is C28H29BrClN5O2. The number of halogens is 2. The molecule has 1 aliphatic carbocycles. The molecule has 0 aliphatic heterocycles. The molecule has 1 aliphatic rings. The van der Waals surface area contributed by atoms with Gasteiger partial charge in [-0.2, -0.15) is 9.61 Å². The fraction of sp³-hybridized carbons (Fsp3) is 0.321. The minimum atomic E-state index is -0.296. The van der Waals surface area contributed by atoms with Crippen molar-refractivity contribution in [1.29, 1.82) is 0 Å². The maximum atomic E-state index is 13.9. The van der Waals surface area contributed by atoms with Gasteiger partial charge in [0, 0.05) is 22.3 Å². The van der Waals surface area contributed by atoms with Crippen molar-refractivity contribution in [2.45, 2.75) is 38.8 Å². The first-order valence-electron chi connectivity index (χ1n) is 12.5. The van der Waals surface area contributed by atoms with E-state index in [4.69, 9.17) is 17.3 Å². The van der Waals surface area contributed by atoms with Crippen LogP contribution in [-0.2, 0) is 6.54 Å². The Balaban J connectivity index is 1.69. The standard InChI is InChI=1S/C28H29BrClN5O2/c1-18-25(30)23-16-24(34(28(37)35(23)32-18)17-19-6-3-2-4-7-19)26(20-8-9-20)33(15-5-14-31)27(36)21-10-12-22(29)13-11-21/h2-4,6-7,10-13,16,20,26H,5,8-9,14-15,17,31H2,1H3. The van der Waals surface area contributed by atoms with Gasteiger partial charge in [0.2, 0.25) is 0 Å². The van der Waals surface area contributed by atoms with Crippen molar-refractivity contribution in [2.75, 3.05) is 13.1 Å². The normalized spacial score (nSPS) is 14.2. The highest BCUT2D eigenvalue weighted by Gasteiger charge is 2.40. The Morgan fingerprint density at radius 2 is 1.89 bits per heavy atom. The first-order chi connectivity index (χ1) is 17.9. The number of carbonyl (C=O) groups is 1. The van der Waals surface area contributed by atoms with Crippen LogP contribution in [0.5, 0.6) is 0 Å². The van der Waals surface area contributed by atoms with E-state index in [-0.39, 0.29) is 23.6 Å². The summed E-state index contributed by atoms with van der Waals surface area (Å²) in [5.74, 6) is 0.163. The summed E-state index contributed by atoms with van der Waals surface area (Å²) >= 11 is 10.1. The molecule has 4 aromatic rings. The van der Waals surface area contributed by atoms with Gasteiger partial charge in [-0.1, -0.05) is 57.9 Å². The van der Waals surface area contributed by atoms with Gasteiger partial charge in [-0.25, -0.2) is 4.79 Å². The van der Waals surface area contributed by atoms with E-state index in [1.807, 2.05) is 65.6 Å². The van der Waals surface area contributed by atoms with Crippen LogP contribution in [0, 0.1) is 12.8 Å². The molecule has 0 bridgehead atoms. The lowest BCUT2D eigenvalue weighted by Crippen LogP contribution is -2.41. The molecule has 2 aromatic carbocycles. The Morgan fingerprint density at radius 1 is 1.19 bits per heavy atom. The summed E-state index contributed by atoms with van der Waals surface area (Å²) < 4.78 is 4.02. The molecule has 1 saturated carbocycles. The highest BCUT2D eigenvalue weighted by atomic mass is 79.9. The molecule has 2 aromatic heterocycles. The van der Waals surface area contributed by atoms with Gasteiger partial charge in [0.25, 0.3) is 5.91 Å². The molecule has 0 saturated heterocycles. The molecule has 2 N–H and O–H groups in total. The lowest BCUT2D eigenvalue weighted by atomic mass is 10.0. The van der Waals surface area contributed by atoms with Gasteiger partial charge >= 0.3 is 5.69 Å². The van der Waals surface area contributed by atoms with Gasteiger partial charge in [-0.15, -0.1) is 0 Å². The zero-order valence-corrected chi connectivity index (χ0v) is 23.0. The van der Waals surface area contributed by atoms with Crippen LogP contribution in [-0.4, -0.2) is 38.1 Å². The number of rotatable bonds is 9. The second-order valence-electron chi connectivity index (χ2n) is 9.55. The number of fused-ring (bicyclic) bond motifs is 1. The van der Waals surface area contributed by atoms with Crippen LogP contribution in [0.25, 0.3) is 5.52 Å². The number of aryl methyl sites for hydroxylation is 1. The van der Waals surface area contributed by atoms with E-state index in [1.54, 1.807) is 11.5 Å². The monoisotopic (exact) mass is 581 g/mol. The molecule has 1 amide bonds. The molecule has 1 atom stereocenters. The zero-order valence-electron chi connectivity index (χ0n) is 20.6. The highest BCUT2D eigenvalue weighted by Crippen LogP contribution is 2.45. The Labute approximate surface area is 229 Å². The third-order valence-electron chi connectivity index (χ3n) is 6.88. The highest BCUT2D eigenvalue weighted by molar-refractivity contribution is 9.10. The third kappa shape index (κ3) is 5.23. The number of nitrogens with zero attached hydrogens (tertiary/aromatic N) is 4. The van der Waals surface area contributed by atoms with Crippen LogP contribution < -0.4 is 11.4 Å². The summed E-state index contributed by atoms with van der Waals surface area (Å²) in [5, 5.41) is 4.86. The zero-order chi connectivity index (χ0) is 26.1. The summed E-state index contributed by atoms with van der Waals surface area (Å²) in [6.45, 7) is 3.11. The van der Waals surface area contributed by atoms with Gasteiger partial charge in [0.1, 0.15) is 0 Å². The van der Waals surface area contributed by atoms with Crippen molar-refractivity contribution in [3.05, 3.63) is 103 Å². The summed E-state index contributed by atoms with van der Waals surface area (Å²) in [4.78, 5) is 29.7. The fourth-order valence-corrected chi connectivity index (χ4v) is 5.30. The van der Waals surface area contributed by atoms with Crippen molar-refractivity contribution >= 4 is 39.0 Å². The number of benzene rings is 2. The predicted octanol–water partition coefficient (Wildman–Crippen LogP) is 5.21. The molecule has 1 unspecified atom stereocenters. The average Bonchev–Trinajstić information content (AvgIpc) is 3.70. The molecule has 7 nitrogen and oxygen atoms in total. The molecule has 192 valence electrons. The summed E-state index contributed by atoms with van der Waals surface area (Å²) in [6.07, 6.45) is 2.62. The summed E-state index contributed by atoms with van der Waals surface area (Å²) in [7, 11) is 0. The van der Waals surface area contributed by atoms with Crippen LogP contribution >= 0.6 is 27.5 Å². The van der Waals surface area contributed by atoms with Gasteiger partial charge in [-0.3, -0.25) is 9.36 Å². The van der Waals surface area contributed by atoms with Crippen molar-refractivity contribution in [3.63, 3.8) is 0 Å². The van der Waals surface area contributed by atoms with E-state index >= 15 is 0 Å². The van der Waals surface area contributed by atoms with Crippen LogP contribution in [0.2, 0.25) is 5.02 Å². The Hall–Kier alpha value is -2.94. The topological polar surface area (TPSA) is 85.6 Å². The van der Waals surface area contributed by atoms with Crippen molar-refractivity contribution in [3.8, 4) is 0 Å². The molecule has 37 heavy (non-hydrogen) atoms. The molecule has 0 radical (unpaired) electrons. The van der Waals surface area contributed by atoms with Crippen LogP contribution in [0.4, 0.5) is 0 Å². The predicted molar refractivity (Wildman–Crippen MR) is 149 cm³/mol. The Bertz CT molecular complexity index is 1480. The largest absolute Gasteiger partial charge is 0.349 e. The maximum Gasteiger partial charge on any atom is 0.349 e. The minimum absolute atomic E-state index is 0.0766. The second-order valence-corrected chi connectivity index (χ2v) is 10.8. The molecule has 0 spiro atoms. The number of nitrogens with two attached hydrogens (primary N) is 1. The van der Waals surface area contributed by atoms with E-state index in [1.165, 1.54) is 4.52 Å². The number of hydrogen-bond donors (Lipinski definition) is 1. The van der Waals surface area contributed by atoms with Crippen LogP contribution in [0.1, 0.15) is 52.6 Å². The van der Waals surface area contributed by atoms with Gasteiger partial charge < -0.3 is 10.6 Å². The molecular weight excluding hydrogens is 554 g/mol. The van der Waals surface area contributed by atoms with Gasteiger partial charge in [-0.05, 0) is 74.5 Å². The lowest BCUT2D eigenvalue weighted by molar-refractivity contribution is 0.0640. The maximum absolute atomic E-state index is 13.9. The van der Waals surface area contributed by atoms with Gasteiger partial charge in [0.05, 0.1) is 28.8 Å². The number of aromatic nitrogens is 3. The Kier molecular flexibility index (Phi) is 7.51. The average molecular weight is 583 g/mol. The first-order valence-corrected chi connectivity index (χ1v) is 13.6. The van der Waals surface area contributed by atoms with E-state index in [0.717, 1.165) is 28.6 Å². The van der Waals surface area contributed by atoms with Crippen LogP contribution in [0.3, 0.4) is 0 Å². The SMILES string of the molecule is Cc1nn2c(=O)n(Cc3ccccc3)c(C(C3CC3)N(CCCN)C(=O)c3ccc(Br)cc3)cc2c1Cl. The Morgan fingerprint density at radius 3 is 2.54 bits per heavy atom. The van der Waals surface area contributed by atoms with Crippen molar-refractivity contribution in [1.82, 2.24) is 19.1 Å². The minimum Gasteiger partial charge on any atom is -0.330 e. The molecule has 9 heteroatoms. The quantitative estimate of drug-likeness (QED) is 0.294. The number of amides is 1. The molecule has 1 fully saturated rings. The number of hydrogen-bond acceptors (Lipinski definition) is 4. The van der Waals surface area contributed by atoms with E-state index in [2.05, 4.69) is 21.0 Å². The second kappa shape index (κ2) is 10.8. The fourth-order valence-electron chi connectivity index (χ4n) is 4.86. The third-order valence-corrected chi connectivity index (χ3v) is 7.87. The van der Waals surface area contributed by atoms with E-state index in [9.17, 15) is 9.59 Å². The van der Waals surface area contributed by atoms with Crippen molar-refractivity contribution in [2.24, 2.45) is 11.7 Å². The molecule has 2 heterocycles. The van der Waals surface area contributed by atoms with Gasteiger partial charge in [0.15, 0.2) is 0 Å². The van der Waals surface area contributed by atoms with Crippen LogP contribution in [0.15, 0.2) is 69.9 Å².